The highest BCUT2D eigenvalue weighted by Crippen LogP contribution is 2.35. The maximum atomic E-state index is 12.6. The molecule has 0 fully saturated rings. The van der Waals surface area contributed by atoms with Crippen molar-refractivity contribution >= 4 is 43.5 Å². The van der Waals surface area contributed by atoms with E-state index in [1.54, 1.807) is 26.4 Å². The van der Waals surface area contributed by atoms with Gasteiger partial charge in [0.1, 0.15) is 12.4 Å². The van der Waals surface area contributed by atoms with Crippen molar-refractivity contribution in [2.45, 2.75) is 26.9 Å². The van der Waals surface area contributed by atoms with Crippen molar-refractivity contribution in [3.8, 4) is 17.2 Å². The maximum Gasteiger partial charge on any atom is 0.271 e. The molecule has 34 heavy (non-hydrogen) atoms. The van der Waals surface area contributed by atoms with E-state index in [9.17, 15) is 4.79 Å². The van der Waals surface area contributed by atoms with Crippen LogP contribution in [0.4, 0.5) is 0 Å². The second-order valence-corrected chi connectivity index (χ2v) is 9.17. The number of ether oxygens (including phenoxy) is 3. The van der Waals surface area contributed by atoms with Gasteiger partial charge in [0.2, 0.25) is 0 Å². The molecule has 0 radical (unpaired) electrons. The molecule has 0 spiro atoms. The lowest BCUT2D eigenvalue weighted by atomic mass is 10.1. The Morgan fingerprint density at radius 3 is 2.12 bits per heavy atom. The van der Waals surface area contributed by atoms with Crippen molar-refractivity contribution in [1.29, 1.82) is 0 Å². The molecule has 0 heterocycles. The van der Waals surface area contributed by atoms with Crippen molar-refractivity contribution in [2.75, 3.05) is 14.2 Å². The Labute approximate surface area is 216 Å². The summed E-state index contributed by atoms with van der Waals surface area (Å²) >= 11 is 7.07. The lowest BCUT2D eigenvalue weighted by molar-refractivity contribution is 0.0954. The predicted octanol–water partition coefficient (Wildman–Crippen LogP) is 6.66. The van der Waals surface area contributed by atoms with Gasteiger partial charge < -0.3 is 14.2 Å². The van der Waals surface area contributed by atoms with Gasteiger partial charge in [-0.1, -0.05) is 19.1 Å². The van der Waals surface area contributed by atoms with Crippen LogP contribution in [0.5, 0.6) is 17.2 Å². The number of carbonyl (C=O) groups is 1. The number of hydrogen-bond donors (Lipinski definition) is 1. The number of nitrogens with zero attached hydrogens (tertiary/aromatic N) is 1. The molecule has 0 aromatic heterocycles. The van der Waals surface area contributed by atoms with Crippen molar-refractivity contribution in [3.05, 3.63) is 85.8 Å². The first kappa shape index (κ1) is 25.8. The molecule has 0 unspecified atom stereocenters. The fraction of sp³-hybridized carbons (Fsp3) is 0.231. The molecule has 0 aliphatic carbocycles. The third kappa shape index (κ3) is 6.39. The summed E-state index contributed by atoms with van der Waals surface area (Å²) in [5.41, 5.74) is 6.80. The molecular weight excluding hydrogens is 564 g/mol. The summed E-state index contributed by atoms with van der Waals surface area (Å²) in [6.07, 6.45) is 0.635. The van der Waals surface area contributed by atoms with E-state index in [4.69, 9.17) is 14.2 Å². The van der Waals surface area contributed by atoms with Crippen LogP contribution in [0, 0.1) is 6.92 Å². The van der Waals surface area contributed by atoms with E-state index in [2.05, 4.69) is 42.4 Å². The molecule has 0 saturated heterocycles. The topological polar surface area (TPSA) is 69.2 Å². The lowest BCUT2D eigenvalue weighted by Crippen LogP contribution is -2.20. The van der Waals surface area contributed by atoms with Crippen LogP contribution in [0.15, 0.2) is 68.6 Å². The zero-order valence-electron chi connectivity index (χ0n) is 19.4. The lowest BCUT2D eigenvalue weighted by Gasteiger charge is -2.12. The van der Waals surface area contributed by atoms with Crippen molar-refractivity contribution < 1.29 is 19.0 Å². The maximum absolute atomic E-state index is 12.6. The highest BCUT2D eigenvalue weighted by molar-refractivity contribution is 9.11. The highest BCUT2D eigenvalue weighted by atomic mass is 79.9. The van der Waals surface area contributed by atoms with Gasteiger partial charge in [-0.2, -0.15) is 5.10 Å². The molecule has 3 aromatic carbocycles. The fourth-order valence-corrected chi connectivity index (χ4v) is 4.92. The zero-order valence-corrected chi connectivity index (χ0v) is 22.6. The van der Waals surface area contributed by atoms with Crippen LogP contribution in [0.3, 0.4) is 0 Å². The first-order chi connectivity index (χ1) is 16.4. The highest BCUT2D eigenvalue weighted by Gasteiger charge is 2.11. The quantitative estimate of drug-likeness (QED) is 0.224. The molecule has 0 aliphatic rings. The predicted molar refractivity (Wildman–Crippen MR) is 141 cm³/mol. The molecule has 0 bridgehead atoms. The number of hydrogen-bond acceptors (Lipinski definition) is 5. The van der Waals surface area contributed by atoms with E-state index in [-0.39, 0.29) is 5.91 Å². The Morgan fingerprint density at radius 1 is 0.912 bits per heavy atom. The molecule has 6 nitrogen and oxygen atoms in total. The van der Waals surface area contributed by atoms with Gasteiger partial charge in [-0.3, -0.25) is 4.79 Å². The average Bonchev–Trinajstić information content (AvgIpc) is 2.83. The van der Waals surface area contributed by atoms with Crippen LogP contribution in [0.25, 0.3) is 0 Å². The zero-order chi connectivity index (χ0) is 24.7. The number of nitrogens with one attached hydrogen (secondary N) is 1. The van der Waals surface area contributed by atoms with Gasteiger partial charge in [-0.05, 0) is 98.8 Å². The second kappa shape index (κ2) is 12.0. The largest absolute Gasteiger partial charge is 0.493 e. The van der Waals surface area contributed by atoms with E-state index in [0.717, 1.165) is 37.1 Å². The van der Waals surface area contributed by atoms with Crippen LogP contribution in [-0.4, -0.2) is 25.8 Å². The van der Waals surface area contributed by atoms with Crippen LogP contribution in [0.2, 0.25) is 0 Å². The number of rotatable bonds is 9. The van der Waals surface area contributed by atoms with Gasteiger partial charge >= 0.3 is 0 Å². The van der Waals surface area contributed by atoms with Crippen LogP contribution < -0.4 is 19.6 Å². The van der Waals surface area contributed by atoms with E-state index in [1.165, 1.54) is 0 Å². The summed E-state index contributed by atoms with van der Waals surface area (Å²) in [5, 5.41) is 4.33. The molecule has 1 amide bonds. The Hall–Kier alpha value is -2.84. The van der Waals surface area contributed by atoms with Gasteiger partial charge in [-0.15, -0.1) is 0 Å². The minimum Gasteiger partial charge on any atom is -0.493 e. The van der Waals surface area contributed by atoms with Gasteiger partial charge in [0.05, 0.1) is 28.9 Å². The summed E-state index contributed by atoms with van der Waals surface area (Å²) in [7, 11) is 3.17. The standard InChI is InChI=1S/C26H26Br2N2O4/c1-5-22(19-10-11-23(32-3)24(14-19)33-4)29-30-26(31)18-8-6-17(7-9-18)15-34-25-20(27)12-16(2)13-21(25)28/h6-14H,5,15H2,1-4H3,(H,30,31)/b29-22-. The number of halogens is 2. The summed E-state index contributed by atoms with van der Waals surface area (Å²) in [6, 6.07) is 16.8. The average molecular weight is 590 g/mol. The van der Waals surface area contributed by atoms with Crippen LogP contribution in [-0.2, 0) is 6.61 Å². The molecule has 0 aliphatic heterocycles. The number of hydrazone groups is 1. The third-order valence-electron chi connectivity index (χ3n) is 5.09. The van der Waals surface area contributed by atoms with Crippen molar-refractivity contribution in [2.24, 2.45) is 5.10 Å². The fourth-order valence-electron chi connectivity index (χ4n) is 3.28. The first-order valence-corrected chi connectivity index (χ1v) is 12.2. The number of carbonyl (C=O) groups excluding carboxylic acids is 1. The number of amides is 1. The second-order valence-electron chi connectivity index (χ2n) is 7.47. The summed E-state index contributed by atoms with van der Waals surface area (Å²) in [5.74, 6) is 1.69. The molecule has 3 rings (SSSR count). The van der Waals surface area contributed by atoms with E-state index in [0.29, 0.717) is 30.1 Å². The number of aryl methyl sites for hydroxylation is 1. The van der Waals surface area contributed by atoms with Gasteiger partial charge in [0.25, 0.3) is 5.91 Å². The van der Waals surface area contributed by atoms with Crippen LogP contribution >= 0.6 is 31.9 Å². The van der Waals surface area contributed by atoms with Crippen molar-refractivity contribution in [3.63, 3.8) is 0 Å². The Kier molecular flexibility index (Phi) is 9.12. The number of benzene rings is 3. The van der Waals surface area contributed by atoms with Crippen LogP contribution in [0.1, 0.15) is 40.4 Å². The molecule has 178 valence electrons. The van der Waals surface area contributed by atoms with E-state index in [1.807, 2.05) is 56.3 Å². The molecule has 8 heteroatoms. The normalized spacial score (nSPS) is 11.2. The Balaban J connectivity index is 1.65. The monoisotopic (exact) mass is 588 g/mol. The molecule has 0 saturated carbocycles. The Morgan fingerprint density at radius 2 is 1.53 bits per heavy atom. The minimum absolute atomic E-state index is 0.289. The van der Waals surface area contributed by atoms with Gasteiger partial charge in [0, 0.05) is 11.1 Å². The summed E-state index contributed by atoms with van der Waals surface area (Å²) < 4.78 is 18.4. The molecule has 3 aromatic rings. The van der Waals surface area contributed by atoms with E-state index < -0.39 is 0 Å². The van der Waals surface area contributed by atoms with Gasteiger partial charge in [-0.25, -0.2) is 5.43 Å². The molecular formula is C26H26Br2N2O4. The third-order valence-corrected chi connectivity index (χ3v) is 6.26. The molecule has 0 atom stereocenters. The smallest absolute Gasteiger partial charge is 0.271 e. The minimum atomic E-state index is -0.289. The number of methoxy groups -OCH3 is 2. The van der Waals surface area contributed by atoms with Gasteiger partial charge in [0.15, 0.2) is 11.5 Å². The summed E-state index contributed by atoms with van der Waals surface area (Å²) in [4.78, 5) is 12.6. The molecule has 1 N–H and O–H groups in total. The SMILES string of the molecule is CC/C(=N/NC(=O)c1ccc(COc2c(Br)cc(C)cc2Br)cc1)c1ccc(OC)c(OC)c1. The Bertz CT molecular complexity index is 1170. The van der Waals surface area contributed by atoms with Crippen molar-refractivity contribution in [1.82, 2.24) is 5.43 Å². The van der Waals surface area contributed by atoms with E-state index >= 15 is 0 Å². The first-order valence-electron chi connectivity index (χ1n) is 10.6. The summed E-state index contributed by atoms with van der Waals surface area (Å²) in [6.45, 7) is 4.37.